The van der Waals surface area contributed by atoms with Gasteiger partial charge < -0.3 is 5.11 Å². The maximum absolute atomic E-state index is 11.3. The third-order valence-electron chi connectivity index (χ3n) is 2.21. The van der Waals surface area contributed by atoms with Gasteiger partial charge in [-0.2, -0.15) is 5.26 Å². The minimum absolute atomic E-state index is 0. The SMILES string of the molecule is CC(=O)c1ccc(C(=O)OO)c(O)c1C(C)=O.[AlH3]. The Morgan fingerprint density at radius 1 is 1.06 bits per heavy atom. The van der Waals surface area contributed by atoms with E-state index < -0.39 is 23.3 Å². The molecule has 1 rings (SSSR count). The number of hydrogen-bond acceptors (Lipinski definition) is 6. The van der Waals surface area contributed by atoms with Crippen LogP contribution in [-0.4, -0.2) is 45.3 Å². The minimum atomic E-state index is -1.21. The van der Waals surface area contributed by atoms with Crippen molar-refractivity contribution >= 4 is 34.9 Å². The Morgan fingerprint density at radius 2 is 1.56 bits per heavy atom. The van der Waals surface area contributed by atoms with Crippen molar-refractivity contribution in [2.24, 2.45) is 0 Å². The standard InChI is InChI=1S/C11H10O6.Al.3H/c1-5(12)7-3-4-8(11(15)17-16)10(14)9(7)6(2)13;;;;/h3-4,14,16H,1-2H3;;;;. The molecule has 18 heavy (non-hydrogen) atoms. The number of rotatable bonds is 3. The van der Waals surface area contributed by atoms with Gasteiger partial charge in [0, 0.05) is 5.56 Å². The van der Waals surface area contributed by atoms with Crippen molar-refractivity contribution < 1.29 is 29.6 Å². The average molecular weight is 268 g/mol. The monoisotopic (exact) mass is 268 g/mol. The van der Waals surface area contributed by atoms with E-state index in [2.05, 4.69) is 4.89 Å². The van der Waals surface area contributed by atoms with Gasteiger partial charge >= 0.3 is 5.97 Å². The van der Waals surface area contributed by atoms with E-state index in [1.54, 1.807) is 0 Å². The zero-order valence-electron chi connectivity index (χ0n) is 9.18. The Balaban J connectivity index is 0.00000289. The van der Waals surface area contributed by atoms with Crippen molar-refractivity contribution in [1.82, 2.24) is 0 Å². The lowest BCUT2D eigenvalue weighted by Crippen LogP contribution is -2.09. The third kappa shape index (κ3) is 2.96. The van der Waals surface area contributed by atoms with Gasteiger partial charge in [-0.15, -0.1) is 0 Å². The van der Waals surface area contributed by atoms with Gasteiger partial charge in [-0.25, -0.2) is 4.79 Å². The lowest BCUT2D eigenvalue weighted by molar-refractivity contribution is -0.182. The molecule has 96 valence electrons. The molecule has 0 fully saturated rings. The van der Waals surface area contributed by atoms with Crippen molar-refractivity contribution in [2.45, 2.75) is 13.8 Å². The molecule has 0 radical (unpaired) electrons. The molecule has 2 N–H and O–H groups in total. The number of Topliss-reactive ketones (excluding diaryl/α,β-unsaturated/α-hetero) is 2. The van der Waals surface area contributed by atoms with Crippen molar-refractivity contribution in [2.75, 3.05) is 0 Å². The first-order chi connectivity index (χ1) is 7.90. The quantitative estimate of drug-likeness (QED) is 0.352. The molecule has 6 nitrogen and oxygen atoms in total. The molecule has 0 spiro atoms. The van der Waals surface area contributed by atoms with Gasteiger partial charge in [0.15, 0.2) is 28.9 Å². The lowest BCUT2D eigenvalue weighted by Gasteiger charge is -2.09. The van der Waals surface area contributed by atoms with Gasteiger partial charge in [0.25, 0.3) is 0 Å². The van der Waals surface area contributed by atoms with E-state index in [0.29, 0.717) is 0 Å². The van der Waals surface area contributed by atoms with E-state index in [1.807, 2.05) is 0 Å². The highest BCUT2D eigenvalue weighted by Crippen LogP contribution is 2.27. The Labute approximate surface area is 113 Å². The van der Waals surface area contributed by atoms with Crippen molar-refractivity contribution in [3.8, 4) is 5.75 Å². The molecule has 0 aliphatic rings. The number of benzene rings is 1. The second-order valence-corrected chi connectivity index (χ2v) is 3.38. The zero-order valence-corrected chi connectivity index (χ0v) is 9.18. The molecular weight excluding hydrogens is 255 g/mol. The minimum Gasteiger partial charge on any atom is -0.506 e. The van der Waals surface area contributed by atoms with E-state index >= 15 is 0 Å². The predicted molar refractivity (Wildman–Crippen MR) is 66.1 cm³/mol. The van der Waals surface area contributed by atoms with Crippen LogP contribution < -0.4 is 0 Å². The third-order valence-corrected chi connectivity index (χ3v) is 2.21. The number of aromatic hydroxyl groups is 1. The van der Waals surface area contributed by atoms with Crippen LogP contribution in [0.4, 0.5) is 0 Å². The van der Waals surface area contributed by atoms with Crippen LogP contribution in [0.1, 0.15) is 44.9 Å². The number of phenols is 1. The smallest absolute Gasteiger partial charge is 0.376 e. The van der Waals surface area contributed by atoms with Gasteiger partial charge in [-0.3, -0.25) is 14.5 Å². The van der Waals surface area contributed by atoms with Crippen LogP contribution in [-0.2, 0) is 4.89 Å². The highest BCUT2D eigenvalue weighted by molar-refractivity contribution is 6.11. The van der Waals surface area contributed by atoms with Crippen molar-refractivity contribution in [3.05, 3.63) is 28.8 Å². The summed E-state index contributed by atoms with van der Waals surface area (Å²) in [6, 6.07) is 2.31. The highest BCUT2D eigenvalue weighted by atomic mass is 27.0. The summed E-state index contributed by atoms with van der Waals surface area (Å²) in [5.74, 6) is -2.88. The Kier molecular flexibility index (Phi) is 5.72. The first kappa shape index (κ1) is 16.3. The molecule has 0 bridgehead atoms. The number of hydrogen-bond donors (Lipinski definition) is 2. The van der Waals surface area contributed by atoms with Crippen LogP contribution >= 0.6 is 0 Å². The topological polar surface area (TPSA) is 101 Å². The van der Waals surface area contributed by atoms with Crippen LogP contribution in [0.2, 0.25) is 0 Å². The maximum atomic E-state index is 11.3. The van der Waals surface area contributed by atoms with E-state index in [-0.39, 0.29) is 34.1 Å². The summed E-state index contributed by atoms with van der Waals surface area (Å²) in [5.41, 5.74) is -0.646. The van der Waals surface area contributed by atoms with Crippen LogP contribution in [0, 0.1) is 0 Å². The summed E-state index contributed by atoms with van der Waals surface area (Å²) in [6.07, 6.45) is 0. The molecule has 0 saturated heterocycles. The molecule has 0 atom stereocenters. The van der Waals surface area contributed by atoms with E-state index in [4.69, 9.17) is 5.26 Å². The summed E-state index contributed by atoms with van der Waals surface area (Å²) in [7, 11) is 0. The maximum Gasteiger partial charge on any atom is 0.376 e. The van der Waals surface area contributed by atoms with Crippen LogP contribution in [0.5, 0.6) is 5.75 Å². The molecule has 1 aromatic rings. The van der Waals surface area contributed by atoms with Crippen molar-refractivity contribution in [1.29, 1.82) is 0 Å². The molecule has 0 aromatic heterocycles. The number of carbonyl (C=O) groups is 3. The van der Waals surface area contributed by atoms with E-state index in [0.717, 1.165) is 13.0 Å². The molecular formula is C11H13AlO6. The Bertz CT molecular complexity index is 509. The van der Waals surface area contributed by atoms with Gasteiger partial charge in [0.1, 0.15) is 11.3 Å². The fourth-order valence-corrected chi connectivity index (χ4v) is 1.45. The van der Waals surface area contributed by atoms with E-state index in [9.17, 15) is 19.5 Å². The average Bonchev–Trinajstić information content (AvgIpc) is 2.26. The summed E-state index contributed by atoms with van der Waals surface area (Å²) in [4.78, 5) is 37.1. The lowest BCUT2D eigenvalue weighted by atomic mass is 9.97. The summed E-state index contributed by atoms with van der Waals surface area (Å²) in [6.45, 7) is 2.38. The Morgan fingerprint density at radius 3 is 1.94 bits per heavy atom. The Hall–Kier alpha value is -1.68. The predicted octanol–water partition coefficient (Wildman–Crippen LogP) is 0.243. The van der Waals surface area contributed by atoms with Crippen LogP contribution in [0.3, 0.4) is 0 Å². The number of ketones is 2. The molecule has 1 aromatic carbocycles. The van der Waals surface area contributed by atoms with E-state index in [1.165, 1.54) is 13.0 Å². The number of carbonyl (C=O) groups excluding carboxylic acids is 3. The summed E-state index contributed by atoms with van der Waals surface area (Å²) in [5, 5.41) is 17.9. The molecule has 7 heteroatoms. The second kappa shape index (κ2) is 6.31. The van der Waals surface area contributed by atoms with Crippen LogP contribution in [0.25, 0.3) is 0 Å². The van der Waals surface area contributed by atoms with Gasteiger partial charge in [-0.05, 0) is 26.0 Å². The van der Waals surface area contributed by atoms with Crippen LogP contribution in [0.15, 0.2) is 12.1 Å². The second-order valence-electron chi connectivity index (χ2n) is 3.38. The largest absolute Gasteiger partial charge is 0.506 e. The molecule has 0 amide bonds. The molecule has 0 aliphatic carbocycles. The van der Waals surface area contributed by atoms with Crippen molar-refractivity contribution in [3.63, 3.8) is 0 Å². The molecule has 0 unspecified atom stereocenters. The van der Waals surface area contributed by atoms with Gasteiger partial charge in [0.05, 0.1) is 5.56 Å². The summed E-state index contributed by atoms with van der Waals surface area (Å²) >= 11 is 0. The first-order valence-electron chi connectivity index (χ1n) is 4.63. The summed E-state index contributed by atoms with van der Waals surface area (Å²) < 4.78 is 0. The highest BCUT2D eigenvalue weighted by Gasteiger charge is 2.23. The van der Waals surface area contributed by atoms with Gasteiger partial charge in [-0.1, -0.05) is 0 Å². The fraction of sp³-hybridized carbons (Fsp3) is 0.182. The molecule has 0 saturated carbocycles. The normalized spacial score (nSPS) is 9.28. The molecule has 0 heterocycles. The van der Waals surface area contributed by atoms with Gasteiger partial charge in [0.2, 0.25) is 0 Å². The first-order valence-corrected chi connectivity index (χ1v) is 4.63. The molecule has 0 aliphatic heterocycles. The number of phenolic OH excluding ortho intramolecular Hbond substituents is 1. The fourth-order valence-electron chi connectivity index (χ4n) is 1.45. The zero-order chi connectivity index (χ0) is 13.2.